The largest absolute Gasteiger partial charge is 0.369 e. The zero-order chi connectivity index (χ0) is 12.3. The average molecular weight is 239 g/mol. The standard InChI is InChI=1S/C13H25N3O/c1-2-15-7-3-13(4-8-15)5-9-16(10-6-13)11-12(14)17/h2-11H2,1H3,(H2,14,17). The van der Waals surface area contributed by atoms with Crippen molar-refractivity contribution in [1.82, 2.24) is 9.80 Å². The molecule has 0 aromatic carbocycles. The van der Waals surface area contributed by atoms with Gasteiger partial charge < -0.3 is 10.6 Å². The van der Waals surface area contributed by atoms with Crippen LogP contribution in [0.25, 0.3) is 0 Å². The van der Waals surface area contributed by atoms with Crippen LogP contribution < -0.4 is 5.73 Å². The smallest absolute Gasteiger partial charge is 0.231 e. The van der Waals surface area contributed by atoms with Crippen LogP contribution in [0, 0.1) is 5.41 Å². The molecule has 0 aromatic heterocycles. The molecule has 0 unspecified atom stereocenters. The first-order chi connectivity index (χ1) is 8.13. The number of carbonyl (C=O) groups excluding carboxylic acids is 1. The van der Waals surface area contributed by atoms with Crippen molar-refractivity contribution in [2.24, 2.45) is 11.1 Å². The summed E-state index contributed by atoms with van der Waals surface area (Å²) in [4.78, 5) is 15.6. The third kappa shape index (κ3) is 3.19. The van der Waals surface area contributed by atoms with E-state index in [-0.39, 0.29) is 5.91 Å². The van der Waals surface area contributed by atoms with Crippen molar-refractivity contribution < 1.29 is 4.79 Å². The summed E-state index contributed by atoms with van der Waals surface area (Å²) in [5, 5.41) is 0. The zero-order valence-corrected chi connectivity index (χ0v) is 11.0. The van der Waals surface area contributed by atoms with E-state index in [0.29, 0.717) is 12.0 Å². The Morgan fingerprint density at radius 3 is 1.94 bits per heavy atom. The highest BCUT2D eigenvalue weighted by molar-refractivity contribution is 5.75. The second-order valence-corrected chi connectivity index (χ2v) is 5.68. The van der Waals surface area contributed by atoms with E-state index in [1.807, 2.05) is 0 Å². The minimum Gasteiger partial charge on any atom is -0.369 e. The molecule has 2 heterocycles. The molecule has 4 nitrogen and oxygen atoms in total. The highest BCUT2D eigenvalue weighted by atomic mass is 16.1. The normalized spacial score (nSPS) is 26.2. The number of hydrogen-bond acceptors (Lipinski definition) is 3. The number of likely N-dealkylation sites (tertiary alicyclic amines) is 2. The topological polar surface area (TPSA) is 49.6 Å². The number of primary amides is 1. The zero-order valence-electron chi connectivity index (χ0n) is 11.0. The Labute approximate surface area is 104 Å². The fourth-order valence-corrected chi connectivity index (χ4v) is 3.25. The maximum Gasteiger partial charge on any atom is 0.231 e. The van der Waals surface area contributed by atoms with Crippen molar-refractivity contribution in [3.63, 3.8) is 0 Å². The monoisotopic (exact) mass is 239 g/mol. The molecule has 0 radical (unpaired) electrons. The van der Waals surface area contributed by atoms with Gasteiger partial charge in [-0.2, -0.15) is 0 Å². The van der Waals surface area contributed by atoms with Gasteiger partial charge in [-0.15, -0.1) is 0 Å². The van der Waals surface area contributed by atoms with Crippen LogP contribution in [0.2, 0.25) is 0 Å². The Morgan fingerprint density at radius 1 is 1.06 bits per heavy atom. The van der Waals surface area contributed by atoms with Gasteiger partial charge in [0.05, 0.1) is 6.54 Å². The van der Waals surface area contributed by atoms with E-state index >= 15 is 0 Å². The summed E-state index contributed by atoms with van der Waals surface area (Å²) < 4.78 is 0. The van der Waals surface area contributed by atoms with Gasteiger partial charge in [0.25, 0.3) is 0 Å². The van der Waals surface area contributed by atoms with Crippen LogP contribution in [0.15, 0.2) is 0 Å². The second kappa shape index (κ2) is 5.36. The number of nitrogens with two attached hydrogens (primary N) is 1. The van der Waals surface area contributed by atoms with E-state index < -0.39 is 0 Å². The molecule has 1 amide bonds. The van der Waals surface area contributed by atoms with Crippen molar-refractivity contribution in [2.45, 2.75) is 32.6 Å². The van der Waals surface area contributed by atoms with E-state index in [4.69, 9.17) is 5.73 Å². The summed E-state index contributed by atoms with van der Waals surface area (Å²) in [7, 11) is 0. The molecule has 2 fully saturated rings. The quantitative estimate of drug-likeness (QED) is 0.787. The number of piperidine rings is 2. The molecule has 0 atom stereocenters. The second-order valence-electron chi connectivity index (χ2n) is 5.68. The van der Waals surface area contributed by atoms with Crippen molar-refractivity contribution in [2.75, 3.05) is 39.3 Å². The molecule has 0 saturated carbocycles. The van der Waals surface area contributed by atoms with Gasteiger partial charge in [0, 0.05) is 0 Å². The molecular weight excluding hydrogens is 214 g/mol. The minimum atomic E-state index is -0.193. The lowest BCUT2D eigenvalue weighted by Gasteiger charge is -2.46. The number of nitrogens with zero attached hydrogens (tertiary/aromatic N) is 2. The summed E-state index contributed by atoms with van der Waals surface area (Å²) in [6.45, 7) is 8.48. The van der Waals surface area contributed by atoms with Gasteiger partial charge in [-0.25, -0.2) is 0 Å². The van der Waals surface area contributed by atoms with Gasteiger partial charge in [0.1, 0.15) is 0 Å². The molecule has 2 aliphatic rings. The summed E-state index contributed by atoms with van der Waals surface area (Å²) in [5.41, 5.74) is 5.81. The molecule has 2 saturated heterocycles. The van der Waals surface area contributed by atoms with Crippen molar-refractivity contribution in [3.05, 3.63) is 0 Å². The Bertz CT molecular complexity index is 262. The van der Waals surface area contributed by atoms with E-state index in [0.717, 1.165) is 13.1 Å². The van der Waals surface area contributed by atoms with Gasteiger partial charge in [0.2, 0.25) is 5.91 Å². The Hall–Kier alpha value is -0.610. The molecule has 17 heavy (non-hydrogen) atoms. The lowest BCUT2D eigenvalue weighted by Crippen LogP contribution is -2.48. The first kappa shape index (κ1) is 12.8. The molecule has 2 aliphatic heterocycles. The third-order valence-electron chi connectivity index (χ3n) is 4.66. The molecule has 4 heteroatoms. The molecular formula is C13H25N3O. The molecule has 2 rings (SSSR count). The van der Waals surface area contributed by atoms with Crippen LogP contribution in [0.1, 0.15) is 32.6 Å². The summed E-state index contributed by atoms with van der Waals surface area (Å²) in [6, 6.07) is 0. The molecule has 2 N–H and O–H groups in total. The summed E-state index contributed by atoms with van der Waals surface area (Å²) in [6.07, 6.45) is 5.17. The lowest BCUT2D eigenvalue weighted by molar-refractivity contribution is -0.119. The Balaban J connectivity index is 1.80. The molecule has 1 spiro atoms. The summed E-state index contributed by atoms with van der Waals surface area (Å²) in [5.74, 6) is -0.193. The number of rotatable bonds is 3. The fraction of sp³-hybridized carbons (Fsp3) is 0.923. The minimum absolute atomic E-state index is 0.193. The van der Waals surface area contributed by atoms with E-state index in [1.165, 1.54) is 45.3 Å². The van der Waals surface area contributed by atoms with Crippen LogP contribution in [0.5, 0.6) is 0 Å². The molecule has 0 aromatic rings. The fourth-order valence-electron chi connectivity index (χ4n) is 3.25. The third-order valence-corrected chi connectivity index (χ3v) is 4.66. The maximum absolute atomic E-state index is 10.9. The number of hydrogen-bond donors (Lipinski definition) is 1. The SMILES string of the molecule is CCN1CCC2(CC1)CCN(CC(N)=O)CC2. The maximum atomic E-state index is 10.9. The summed E-state index contributed by atoms with van der Waals surface area (Å²) >= 11 is 0. The Kier molecular flexibility index (Phi) is 4.05. The van der Waals surface area contributed by atoms with Crippen molar-refractivity contribution in [1.29, 1.82) is 0 Å². The van der Waals surface area contributed by atoms with Crippen molar-refractivity contribution >= 4 is 5.91 Å². The number of amides is 1. The van der Waals surface area contributed by atoms with Crippen molar-refractivity contribution in [3.8, 4) is 0 Å². The van der Waals surface area contributed by atoms with Gasteiger partial charge in [-0.3, -0.25) is 9.69 Å². The van der Waals surface area contributed by atoms with Gasteiger partial charge in [-0.05, 0) is 63.8 Å². The molecule has 0 bridgehead atoms. The lowest BCUT2D eigenvalue weighted by atomic mass is 9.71. The van der Waals surface area contributed by atoms with Crippen LogP contribution in [-0.2, 0) is 4.79 Å². The van der Waals surface area contributed by atoms with Crippen LogP contribution in [0.4, 0.5) is 0 Å². The first-order valence-electron chi connectivity index (χ1n) is 6.87. The molecule has 0 aliphatic carbocycles. The first-order valence-corrected chi connectivity index (χ1v) is 6.87. The Morgan fingerprint density at radius 2 is 1.53 bits per heavy atom. The van der Waals surface area contributed by atoms with Crippen LogP contribution in [0.3, 0.4) is 0 Å². The predicted octanol–water partition coefficient (Wildman–Crippen LogP) is 0.670. The van der Waals surface area contributed by atoms with Gasteiger partial charge >= 0.3 is 0 Å². The highest BCUT2D eigenvalue weighted by Crippen LogP contribution is 2.40. The van der Waals surface area contributed by atoms with Gasteiger partial charge in [0.15, 0.2) is 0 Å². The predicted molar refractivity (Wildman–Crippen MR) is 68.6 cm³/mol. The van der Waals surface area contributed by atoms with Crippen LogP contribution in [-0.4, -0.2) is 55.0 Å². The van der Waals surface area contributed by atoms with Crippen LogP contribution >= 0.6 is 0 Å². The molecule has 98 valence electrons. The number of carbonyl (C=O) groups is 1. The highest BCUT2D eigenvalue weighted by Gasteiger charge is 2.37. The van der Waals surface area contributed by atoms with Gasteiger partial charge in [-0.1, -0.05) is 6.92 Å². The van der Waals surface area contributed by atoms with E-state index in [1.54, 1.807) is 0 Å². The van der Waals surface area contributed by atoms with E-state index in [2.05, 4.69) is 16.7 Å². The average Bonchev–Trinajstić information content (AvgIpc) is 2.33. The van der Waals surface area contributed by atoms with E-state index in [9.17, 15) is 4.79 Å².